The summed E-state index contributed by atoms with van der Waals surface area (Å²) in [4.78, 5) is 32.3. The normalized spacial score (nSPS) is 16.3. The van der Waals surface area contributed by atoms with Crippen LogP contribution in [0.2, 0.25) is 5.15 Å². The number of thioether (sulfide) groups is 1. The van der Waals surface area contributed by atoms with E-state index in [1.165, 1.54) is 18.7 Å². The largest absolute Gasteiger partial charge is 0.456 e. The Kier molecular flexibility index (Phi) is 5.58. The summed E-state index contributed by atoms with van der Waals surface area (Å²) in [5.41, 5.74) is 0.988. The molecule has 112 valence electrons. The summed E-state index contributed by atoms with van der Waals surface area (Å²) >= 11 is 7.25. The van der Waals surface area contributed by atoms with Gasteiger partial charge in [0.05, 0.1) is 0 Å². The van der Waals surface area contributed by atoms with Crippen LogP contribution >= 0.6 is 23.4 Å². The highest BCUT2D eigenvalue weighted by Crippen LogP contribution is 2.20. The monoisotopic (exact) mass is 327 g/mol. The van der Waals surface area contributed by atoms with Gasteiger partial charge in [-0.25, -0.2) is 4.98 Å². The maximum atomic E-state index is 11.6. The van der Waals surface area contributed by atoms with E-state index in [2.05, 4.69) is 14.7 Å². The van der Waals surface area contributed by atoms with Crippen molar-refractivity contribution >= 4 is 40.4 Å². The molecular weight excluding hydrogens is 314 g/mol. The average Bonchev–Trinajstić information content (AvgIpc) is 2.86. The molecule has 6 nitrogen and oxygen atoms in total. The lowest BCUT2D eigenvalue weighted by Gasteiger charge is -2.17. The quantitative estimate of drug-likeness (QED) is 0.619. The second-order valence-electron chi connectivity index (χ2n) is 4.33. The van der Waals surface area contributed by atoms with Gasteiger partial charge in [0.1, 0.15) is 5.15 Å². The minimum absolute atomic E-state index is 0.324. The predicted molar refractivity (Wildman–Crippen MR) is 81.2 cm³/mol. The second-order valence-corrected chi connectivity index (χ2v) is 5.78. The molecule has 0 atom stereocenters. The van der Waals surface area contributed by atoms with E-state index in [1.807, 2.05) is 11.0 Å². The summed E-state index contributed by atoms with van der Waals surface area (Å²) in [5, 5.41) is 1.09. The smallest absolute Gasteiger partial charge is 0.303 e. The molecule has 2 heterocycles. The van der Waals surface area contributed by atoms with Crippen molar-refractivity contribution in [2.24, 2.45) is 4.99 Å². The Bertz CT molecular complexity index is 562. The van der Waals surface area contributed by atoms with Gasteiger partial charge in [-0.05, 0) is 11.6 Å². The Labute approximate surface area is 131 Å². The Morgan fingerprint density at radius 2 is 2.33 bits per heavy atom. The zero-order valence-corrected chi connectivity index (χ0v) is 13.0. The van der Waals surface area contributed by atoms with Crippen LogP contribution in [-0.2, 0) is 20.9 Å². The summed E-state index contributed by atoms with van der Waals surface area (Å²) < 4.78 is 4.63. The van der Waals surface area contributed by atoms with Gasteiger partial charge >= 0.3 is 5.97 Å². The number of hydrogen-bond donors (Lipinski definition) is 0. The zero-order valence-electron chi connectivity index (χ0n) is 11.4. The molecule has 0 aromatic carbocycles. The predicted octanol–water partition coefficient (Wildman–Crippen LogP) is 1.73. The van der Waals surface area contributed by atoms with Crippen molar-refractivity contribution in [2.45, 2.75) is 13.5 Å². The average molecular weight is 328 g/mol. The molecule has 0 N–H and O–H groups in total. The topological polar surface area (TPSA) is 71.9 Å². The first-order valence-corrected chi connectivity index (χ1v) is 7.64. The van der Waals surface area contributed by atoms with Gasteiger partial charge in [0.2, 0.25) is 0 Å². The highest BCUT2D eigenvalue weighted by molar-refractivity contribution is 8.14. The second kappa shape index (κ2) is 7.42. The van der Waals surface area contributed by atoms with Crippen LogP contribution in [0.15, 0.2) is 23.3 Å². The maximum Gasteiger partial charge on any atom is 0.303 e. The molecule has 0 unspecified atom stereocenters. The Morgan fingerprint density at radius 1 is 1.52 bits per heavy atom. The minimum Gasteiger partial charge on any atom is -0.456 e. The van der Waals surface area contributed by atoms with Gasteiger partial charge in [0, 0.05) is 32.0 Å². The number of aliphatic imine (C=N–C) groups is 1. The van der Waals surface area contributed by atoms with Crippen molar-refractivity contribution < 1.29 is 14.3 Å². The summed E-state index contributed by atoms with van der Waals surface area (Å²) in [7, 11) is 0. The number of nitrogens with zero attached hydrogens (tertiary/aromatic N) is 3. The fourth-order valence-corrected chi connectivity index (χ4v) is 2.82. The molecule has 8 heteroatoms. The van der Waals surface area contributed by atoms with E-state index in [4.69, 9.17) is 11.6 Å². The third kappa shape index (κ3) is 5.02. The molecule has 1 fully saturated rings. The van der Waals surface area contributed by atoms with Crippen LogP contribution in [0.5, 0.6) is 0 Å². The molecule has 2 rings (SSSR count). The molecule has 0 spiro atoms. The minimum atomic E-state index is -0.494. The number of pyridine rings is 1. The lowest BCUT2D eigenvalue weighted by Crippen LogP contribution is -2.25. The van der Waals surface area contributed by atoms with Crippen LogP contribution in [0.1, 0.15) is 12.5 Å². The lowest BCUT2D eigenvalue weighted by molar-refractivity contribution is -0.145. The van der Waals surface area contributed by atoms with E-state index >= 15 is 0 Å². The molecule has 21 heavy (non-hydrogen) atoms. The van der Waals surface area contributed by atoms with Crippen LogP contribution in [0.4, 0.5) is 0 Å². The van der Waals surface area contributed by atoms with E-state index in [1.54, 1.807) is 12.3 Å². The molecule has 1 aromatic rings. The standard InChI is InChI=1S/C13H14ClN3O3S/c1-9(18)20-8-12(19)16-13-17(4-5-21-13)7-10-2-3-11(14)15-6-10/h2-3,6H,4-5,7-8H2,1H3. The number of amides is 1. The number of carbonyl (C=O) groups excluding carboxylic acids is 2. The number of carbonyl (C=O) groups is 2. The van der Waals surface area contributed by atoms with Crippen LogP contribution in [0.25, 0.3) is 0 Å². The van der Waals surface area contributed by atoms with Gasteiger partial charge in [0.15, 0.2) is 11.8 Å². The van der Waals surface area contributed by atoms with Crippen LogP contribution in [-0.4, -0.2) is 45.8 Å². The van der Waals surface area contributed by atoms with Gasteiger partial charge in [-0.2, -0.15) is 4.99 Å². The first-order chi connectivity index (χ1) is 10.0. The number of esters is 1. The lowest BCUT2D eigenvalue weighted by atomic mass is 10.3. The highest BCUT2D eigenvalue weighted by Gasteiger charge is 2.21. The van der Waals surface area contributed by atoms with Crippen LogP contribution in [0, 0.1) is 0 Å². The number of rotatable bonds is 4. The number of ether oxygens (including phenoxy) is 1. The molecule has 1 aromatic heterocycles. The highest BCUT2D eigenvalue weighted by atomic mass is 35.5. The zero-order chi connectivity index (χ0) is 15.2. The van der Waals surface area contributed by atoms with Crippen molar-refractivity contribution in [3.05, 3.63) is 29.0 Å². The third-order valence-corrected chi connectivity index (χ3v) is 3.86. The van der Waals surface area contributed by atoms with E-state index < -0.39 is 11.9 Å². The van der Waals surface area contributed by atoms with Crippen molar-refractivity contribution in [2.75, 3.05) is 18.9 Å². The third-order valence-electron chi connectivity index (χ3n) is 2.64. The van der Waals surface area contributed by atoms with Crippen molar-refractivity contribution in [1.82, 2.24) is 9.88 Å². The van der Waals surface area contributed by atoms with Gasteiger partial charge in [-0.3, -0.25) is 9.59 Å². The fraction of sp³-hybridized carbons (Fsp3) is 0.385. The molecule has 0 saturated carbocycles. The number of aromatic nitrogens is 1. The van der Waals surface area contributed by atoms with E-state index in [-0.39, 0.29) is 6.61 Å². The summed E-state index contributed by atoms with van der Waals surface area (Å²) in [6.07, 6.45) is 1.70. The Morgan fingerprint density at radius 3 is 3.00 bits per heavy atom. The number of hydrogen-bond acceptors (Lipinski definition) is 5. The first kappa shape index (κ1) is 15.8. The molecule has 1 aliphatic heterocycles. The molecule has 1 saturated heterocycles. The fourth-order valence-electron chi connectivity index (χ4n) is 1.71. The SMILES string of the molecule is CC(=O)OCC(=O)N=C1SCCN1Cc1ccc(Cl)nc1. The van der Waals surface area contributed by atoms with Gasteiger partial charge in [0.25, 0.3) is 5.91 Å². The summed E-state index contributed by atoms with van der Waals surface area (Å²) in [6, 6.07) is 3.61. The molecule has 0 bridgehead atoms. The van der Waals surface area contributed by atoms with Crippen molar-refractivity contribution in [3.63, 3.8) is 0 Å². The van der Waals surface area contributed by atoms with Gasteiger partial charge in [-0.15, -0.1) is 0 Å². The Balaban J connectivity index is 1.97. The van der Waals surface area contributed by atoms with Crippen LogP contribution < -0.4 is 0 Å². The molecule has 1 aliphatic rings. The van der Waals surface area contributed by atoms with Crippen molar-refractivity contribution in [3.8, 4) is 0 Å². The molecular formula is C13H14ClN3O3S. The van der Waals surface area contributed by atoms with E-state index in [0.717, 1.165) is 17.9 Å². The van der Waals surface area contributed by atoms with Gasteiger partial charge in [-0.1, -0.05) is 29.4 Å². The number of amidine groups is 1. The van der Waals surface area contributed by atoms with Crippen LogP contribution in [0.3, 0.4) is 0 Å². The number of halogens is 1. The summed E-state index contributed by atoms with van der Waals surface area (Å²) in [6.45, 7) is 2.34. The summed E-state index contributed by atoms with van der Waals surface area (Å²) in [5.74, 6) is -0.0960. The van der Waals surface area contributed by atoms with Gasteiger partial charge < -0.3 is 9.64 Å². The van der Waals surface area contributed by atoms with E-state index in [0.29, 0.717) is 16.9 Å². The molecule has 0 aliphatic carbocycles. The first-order valence-electron chi connectivity index (χ1n) is 6.27. The van der Waals surface area contributed by atoms with Crippen molar-refractivity contribution in [1.29, 1.82) is 0 Å². The molecule has 1 amide bonds. The Hall–Kier alpha value is -1.60. The maximum absolute atomic E-state index is 11.6. The molecule has 0 radical (unpaired) electrons. The van der Waals surface area contributed by atoms with E-state index in [9.17, 15) is 9.59 Å².